The van der Waals surface area contributed by atoms with Crippen LogP contribution in [0, 0.1) is 0 Å². The van der Waals surface area contributed by atoms with Gasteiger partial charge in [-0.3, -0.25) is 0 Å². The predicted molar refractivity (Wildman–Crippen MR) is 66.1 cm³/mol. The van der Waals surface area contributed by atoms with Crippen LogP contribution in [0.4, 0.5) is 5.82 Å². The van der Waals surface area contributed by atoms with Gasteiger partial charge in [-0.05, 0) is 12.5 Å². The quantitative estimate of drug-likeness (QED) is 0.793. The molecule has 1 atom stereocenters. The minimum atomic E-state index is -0.850. The Kier molecular flexibility index (Phi) is 4.87. The predicted octanol–water partition coefficient (Wildman–Crippen LogP) is 2.27. The molecule has 1 unspecified atom stereocenters. The van der Waals surface area contributed by atoms with Crippen molar-refractivity contribution in [3.63, 3.8) is 0 Å². The SMILES string of the molecule is CCCC(Nc1ccnc(C(C)C)n1)C(=O)O. The maximum atomic E-state index is 11.0. The van der Waals surface area contributed by atoms with Crippen molar-refractivity contribution in [2.45, 2.75) is 45.6 Å². The molecule has 1 aromatic heterocycles. The lowest BCUT2D eigenvalue weighted by molar-refractivity contribution is -0.138. The van der Waals surface area contributed by atoms with Crippen molar-refractivity contribution >= 4 is 11.8 Å². The number of carboxylic acid groups (broad SMARTS) is 1. The third kappa shape index (κ3) is 4.01. The van der Waals surface area contributed by atoms with Crippen molar-refractivity contribution in [2.75, 3.05) is 5.32 Å². The van der Waals surface area contributed by atoms with Crippen LogP contribution in [0.15, 0.2) is 12.3 Å². The standard InChI is InChI=1S/C12H19N3O2/c1-4-5-9(12(16)17)14-10-6-7-13-11(15-10)8(2)3/h6-9H,4-5H2,1-3H3,(H,16,17)(H,13,14,15). The van der Waals surface area contributed by atoms with E-state index in [0.29, 0.717) is 12.2 Å². The van der Waals surface area contributed by atoms with E-state index in [2.05, 4.69) is 15.3 Å². The van der Waals surface area contributed by atoms with E-state index < -0.39 is 12.0 Å². The van der Waals surface area contributed by atoms with Gasteiger partial charge in [-0.2, -0.15) is 0 Å². The third-order valence-electron chi connectivity index (χ3n) is 2.39. The average molecular weight is 237 g/mol. The van der Waals surface area contributed by atoms with Crippen molar-refractivity contribution in [1.29, 1.82) is 0 Å². The van der Waals surface area contributed by atoms with Gasteiger partial charge in [0.15, 0.2) is 0 Å². The van der Waals surface area contributed by atoms with E-state index in [1.807, 2.05) is 20.8 Å². The zero-order valence-electron chi connectivity index (χ0n) is 10.5. The highest BCUT2D eigenvalue weighted by molar-refractivity contribution is 5.76. The number of hydrogen-bond acceptors (Lipinski definition) is 4. The lowest BCUT2D eigenvalue weighted by atomic mass is 10.1. The van der Waals surface area contributed by atoms with Gasteiger partial charge < -0.3 is 10.4 Å². The molecule has 0 aromatic carbocycles. The summed E-state index contributed by atoms with van der Waals surface area (Å²) in [5, 5.41) is 12.0. The highest BCUT2D eigenvalue weighted by Crippen LogP contribution is 2.13. The number of rotatable bonds is 6. The molecular formula is C12H19N3O2. The molecule has 5 heteroatoms. The first-order chi connectivity index (χ1) is 8.04. The van der Waals surface area contributed by atoms with Crippen LogP contribution in [-0.2, 0) is 4.79 Å². The Morgan fingerprint density at radius 2 is 2.24 bits per heavy atom. The molecular weight excluding hydrogens is 218 g/mol. The molecule has 5 nitrogen and oxygen atoms in total. The molecule has 0 saturated heterocycles. The Balaban J connectivity index is 2.78. The number of aromatic nitrogens is 2. The number of anilines is 1. The smallest absolute Gasteiger partial charge is 0.326 e. The second-order valence-corrected chi connectivity index (χ2v) is 4.28. The van der Waals surface area contributed by atoms with E-state index in [1.165, 1.54) is 0 Å². The Hall–Kier alpha value is -1.65. The lowest BCUT2D eigenvalue weighted by Gasteiger charge is -2.14. The van der Waals surface area contributed by atoms with Crippen LogP contribution >= 0.6 is 0 Å². The van der Waals surface area contributed by atoms with Gasteiger partial charge >= 0.3 is 5.97 Å². The number of hydrogen-bond donors (Lipinski definition) is 2. The molecule has 0 bridgehead atoms. The number of nitrogens with one attached hydrogen (secondary N) is 1. The van der Waals surface area contributed by atoms with E-state index in [4.69, 9.17) is 5.11 Å². The summed E-state index contributed by atoms with van der Waals surface area (Å²) in [6.45, 7) is 5.96. The number of carboxylic acids is 1. The van der Waals surface area contributed by atoms with E-state index in [-0.39, 0.29) is 5.92 Å². The summed E-state index contributed by atoms with van der Waals surface area (Å²) in [5.74, 6) is 0.669. The molecule has 1 rings (SSSR count). The minimum absolute atomic E-state index is 0.228. The first-order valence-electron chi connectivity index (χ1n) is 5.86. The molecule has 0 aliphatic rings. The van der Waals surface area contributed by atoms with Crippen LogP contribution in [0.3, 0.4) is 0 Å². The number of carbonyl (C=O) groups is 1. The largest absolute Gasteiger partial charge is 0.480 e. The van der Waals surface area contributed by atoms with Crippen LogP contribution in [-0.4, -0.2) is 27.1 Å². The lowest BCUT2D eigenvalue weighted by Crippen LogP contribution is -2.29. The topological polar surface area (TPSA) is 75.1 Å². The Morgan fingerprint density at radius 1 is 1.53 bits per heavy atom. The highest BCUT2D eigenvalue weighted by atomic mass is 16.4. The van der Waals surface area contributed by atoms with Crippen molar-refractivity contribution in [1.82, 2.24) is 9.97 Å². The molecule has 0 amide bonds. The Morgan fingerprint density at radius 3 is 2.76 bits per heavy atom. The fourth-order valence-electron chi connectivity index (χ4n) is 1.46. The molecule has 1 aromatic rings. The molecule has 0 radical (unpaired) electrons. The maximum absolute atomic E-state index is 11.0. The normalized spacial score (nSPS) is 12.5. The van der Waals surface area contributed by atoms with Crippen molar-refractivity contribution in [3.8, 4) is 0 Å². The van der Waals surface area contributed by atoms with E-state index in [0.717, 1.165) is 12.2 Å². The van der Waals surface area contributed by atoms with E-state index >= 15 is 0 Å². The molecule has 94 valence electrons. The molecule has 0 aliphatic heterocycles. The summed E-state index contributed by atoms with van der Waals surface area (Å²) in [6.07, 6.45) is 3.04. The van der Waals surface area contributed by atoms with Gasteiger partial charge in [-0.1, -0.05) is 27.2 Å². The summed E-state index contributed by atoms with van der Waals surface area (Å²) in [4.78, 5) is 19.4. The monoisotopic (exact) mass is 237 g/mol. The third-order valence-corrected chi connectivity index (χ3v) is 2.39. The van der Waals surface area contributed by atoms with Gasteiger partial charge in [0, 0.05) is 12.1 Å². The Labute approximate surface area is 101 Å². The van der Waals surface area contributed by atoms with Crippen molar-refractivity contribution in [3.05, 3.63) is 18.1 Å². The van der Waals surface area contributed by atoms with E-state index in [1.54, 1.807) is 12.3 Å². The highest BCUT2D eigenvalue weighted by Gasteiger charge is 2.16. The summed E-state index contributed by atoms with van der Waals surface area (Å²) in [5.41, 5.74) is 0. The van der Waals surface area contributed by atoms with Crippen molar-refractivity contribution < 1.29 is 9.90 Å². The minimum Gasteiger partial charge on any atom is -0.480 e. The zero-order valence-corrected chi connectivity index (χ0v) is 10.5. The number of aliphatic carboxylic acids is 1. The van der Waals surface area contributed by atoms with Gasteiger partial charge in [-0.25, -0.2) is 14.8 Å². The van der Waals surface area contributed by atoms with E-state index in [9.17, 15) is 4.79 Å². The summed E-state index contributed by atoms with van der Waals surface area (Å²) in [6, 6.07) is 1.10. The summed E-state index contributed by atoms with van der Waals surface area (Å²) < 4.78 is 0. The van der Waals surface area contributed by atoms with Gasteiger partial charge in [0.1, 0.15) is 17.7 Å². The van der Waals surface area contributed by atoms with Gasteiger partial charge in [0.2, 0.25) is 0 Å². The zero-order chi connectivity index (χ0) is 12.8. The van der Waals surface area contributed by atoms with Gasteiger partial charge in [0.05, 0.1) is 0 Å². The molecule has 0 spiro atoms. The second-order valence-electron chi connectivity index (χ2n) is 4.28. The number of nitrogens with zero attached hydrogens (tertiary/aromatic N) is 2. The molecule has 2 N–H and O–H groups in total. The van der Waals surface area contributed by atoms with Crippen LogP contribution in [0.5, 0.6) is 0 Å². The van der Waals surface area contributed by atoms with Crippen LogP contribution in [0.1, 0.15) is 45.4 Å². The van der Waals surface area contributed by atoms with Crippen molar-refractivity contribution in [2.24, 2.45) is 0 Å². The molecule has 0 fully saturated rings. The first kappa shape index (κ1) is 13.4. The maximum Gasteiger partial charge on any atom is 0.326 e. The Bertz CT molecular complexity index is 380. The van der Waals surface area contributed by atoms with Crippen LogP contribution in [0.25, 0.3) is 0 Å². The first-order valence-corrected chi connectivity index (χ1v) is 5.86. The van der Waals surface area contributed by atoms with Gasteiger partial charge in [0.25, 0.3) is 0 Å². The average Bonchev–Trinajstić information content (AvgIpc) is 2.28. The fraction of sp³-hybridized carbons (Fsp3) is 0.583. The molecule has 0 aliphatic carbocycles. The molecule has 1 heterocycles. The van der Waals surface area contributed by atoms with Crippen LogP contribution in [0.2, 0.25) is 0 Å². The molecule has 0 saturated carbocycles. The van der Waals surface area contributed by atoms with Gasteiger partial charge in [-0.15, -0.1) is 0 Å². The fourth-order valence-corrected chi connectivity index (χ4v) is 1.46. The van der Waals surface area contributed by atoms with Crippen LogP contribution < -0.4 is 5.32 Å². The molecule has 17 heavy (non-hydrogen) atoms. The summed E-state index contributed by atoms with van der Waals surface area (Å²) >= 11 is 0. The second kappa shape index (κ2) is 6.18. The summed E-state index contributed by atoms with van der Waals surface area (Å²) in [7, 11) is 0.